The highest BCUT2D eigenvalue weighted by Crippen LogP contribution is 2.28. The van der Waals surface area contributed by atoms with E-state index in [2.05, 4.69) is 4.98 Å². The molecule has 3 aromatic rings. The van der Waals surface area contributed by atoms with Crippen molar-refractivity contribution in [3.8, 4) is 5.69 Å². The largest absolute Gasteiger partial charge is 0.292 e. The lowest BCUT2D eigenvalue weighted by Gasteiger charge is -2.12. The van der Waals surface area contributed by atoms with Gasteiger partial charge in [0, 0.05) is 0 Å². The number of aromatic nitrogens is 2. The number of hydrogen-bond donors (Lipinski definition) is 0. The Kier molecular flexibility index (Phi) is 3.41. The summed E-state index contributed by atoms with van der Waals surface area (Å²) in [5, 5.41) is 0. The number of nitrogens with zero attached hydrogens (tertiary/aromatic N) is 2. The maximum absolute atomic E-state index is 14.2. The van der Waals surface area contributed by atoms with Gasteiger partial charge in [0.25, 0.3) is 0 Å². The summed E-state index contributed by atoms with van der Waals surface area (Å²) in [6.07, 6.45) is 0. The van der Waals surface area contributed by atoms with Crippen molar-refractivity contribution in [3.63, 3.8) is 0 Å². The topological polar surface area (TPSA) is 17.8 Å². The van der Waals surface area contributed by atoms with Gasteiger partial charge in [0.2, 0.25) is 0 Å². The quantitative estimate of drug-likeness (QED) is 0.630. The van der Waals surface area contributed by atoms with E-state index in [1.165, 1.54) is 6.07 Å². The molecule has 0 saturated carbocycles. The van der Waals surface area contributed by atoms with Crippen LogP contribution in [-0.4, -0.2) is 9.55 Å². The molecular weight excluding hydrogens is 294 g/mol. The van der Waals surface area contributed by atoms with Gasteiger partial charge in [-0.15, -0.1) is 11.6 Å². The molecule has 5 heteroatoms. The van der Waals surface area contributed by atoms with Crippen LogP contribution in [0, 0.1) is 25.5 Å². The average molecular weight is 307 g/mol. The van der Waals surface area contributed by atoms with Crippen molar-refractivity contribution in [1.29, 1.82) is 0 Å². The van der Waals surface area contributed by atoms with Crippen molar-refractivity contribution in [2.24, 2.45) is 0 Å². The van der Waals surface area contributed by atoms with E-state index < -0.39 is 11.6 Å². The highest BCUT2D eigenvalue weighted by molar-refractivity contribution is 6.17. The van der Waals surface area contributed by atoms with Gasteiger partial charge in [-0.05, 0) is 43.2 Å². The average Bonchev–Trinajstić information content (AvgIpc) is 2.84. The van der Waals surface area contributed by atoms with Crippen LogP contribution in [0.2, 0.25) is 0 Å². The molecule has 0 fully saturated rings. The summed E-state index contributed by atoms with van der Waals surface area (Å²) < 4.78 is 29.4. The third kappa shape index (κ3) is 2.20. The zero-order valence-electron chi connectivity index (χ0n) is 11.6. The van der Waals surface area contributed by atoms with E-state index in [4.69, 9.17) is 11.6 Å². The third-order valence-electron chi connectivity index (χ3n) is 3.50. The number of rotatable bonds is 2. The van der Waals surface area contributed by atoms with Crippen molar-refractivity contribution < 1.29 is 8.78 Å². The third-order valence-corrected chi connectivity index (χ3v) is 3.74. The van der Waals surface area contributed by atoms with E-state index in [9.17, 15) is 8.78 Å². The maximum atomic E-state index is 14.2. The van der Waals surface area contributed by atoms with Crippen LogP contribution in [-0.2, 0) is 5.88 Å². The first kappa shape index (κ1) is 14.0. The zero-order chi connectivity index (χ0) is 15.1. The van der Waals surface area contributed by atoms with Crippen molar-refractivity contribution in [2.75, 3.05) is 0 Å². The van der Waals surface area contributed by atoms with E-state index >= 15 is 0 Å². The van der Waals surface area contributed by atoms with Crippen LogP contribution in [0.1, 0.15) is 17.0 Å². The lowest BCUT2D eigenvalue weighted by Crippen LogP contribution is -2.03. The minimum atomic E-state index is -0.905. The van der Waals surface area contributed by atoms with Gasteiger partial charge in [0.1, 0.15) is 11.3 Å². The monoisotopic (exact) mass is 306 g/mol. The predicted octanol–water partition coefficient (Wildman–Crippen LogP) is 4.66. The van der Waals surface area contributed by atoms with Crippen LogP contribution >= 0.6 is 11.6 Å². The van der Waals surface area contributed by atoms with Gasteiger partial charge in [-0.25, -0.2) is 13.8 Å². The molecule has 2 nitrogen and oxygen atoms in total. The van der Waals surface area contributed by atoms with E-state index in [1.807, 2.05) is 32.0 Å². The number of aryl methyl sites for hydroxylation is 2. The molecule has 0 unspecified atom stereocenters. The van der Waals surface area contributed by atoms with E-state index in [1.54, 1.807) is 4.57 Å². The Labute approximate surface area is 126 Å². The minimum absolute atomic E-state index is 0.114. The molecule has 0 radical (unpaired) electrons. The first-order valence-electron chi connectivity index (χ1n) is 6.52. The number of halogens is 3. The molecule has 0 aliphatic carbocycles. The molecule has 108 valence electrons. The van der Waals surface area contributed by atoms with E-state index in [-0.39, 0.29) is 11.4 Å². The molecule has 0 saturated heterocycles. The molecule has 2 aromatic carbocycles. The number of imidazole rings is 1. The fraction of sp³-hybridized carbons (Fsp3) is 0.188. The van der Waals surface area contributed by atoms with Crippen LogP contribution < -0.4 is 0 Å². The second-order valence-corrected chi connectivity index (χ2v) is 5.28. The van der Waals surface area contributed by atoms with Crippen LogP contribution in [0.5, 0.6) is 0 Å². The molecule has 0 amide bonds. The van der Waals surface area contributed by atoms with Gasteiger partial charge < -0.3 is 0 Å². The summed E-state index contributed by atoms with van der Waals surface area (Å²) in [4.78, 5) is 4.30. The second kappa shape index (κ2) is 5.11. The standard InChI is InChI=1S/C16H13ClF2N2/c1-9-3-4-10(2)13(7-9)21-14(8-17)20-12-6-5-11(18)15(19)16(12)21/h3-7H,8H2,1-2H3. The maximum Gasteiger partial charge on any atom is 0.185 e. The van der Waals surface area contributed by atoms with E-state index in [0.29, 0.717) is 11.3 Å². The smallest absolute Gasteiger partial charge is 0.185 e. The number of benzene rings is 2. The highest BCUT2D eigenvalue weighted by atomic mass is 35.5. The summed E-state index contributed by atoms with van der Waals surface area (Å²) in [6.45, 7) is 3.86. The van der Waals surface area contributed by atoms with Gasteiger partial charge in [-0.2, -0.15) is 0 Å². The van der Waals surface area contributed by atoms with Crippen LogP contribution in [0.25, 0.3) is 16.7 Å². The molecule has 0 aliphatic heterocycles. The summed E-state index contributed by atoms with van der Waals surface area (Å²) in [6, 6.07) is 8.36. The SMILES string of the molecule is Cc1ccc(C)c(-n2c(CCl)nc3ccc(F)c(F)c32)c1. The number of alkyl halides is 1. The zero-order valence-corrected chi connectivity index (χ0v) is 12.4. The lowest BCUT2D eigenvalue weighted by molar-refractivity contribution is 0.514. The van der Waals surface area contributed by atoms with Gasteiger partial charge >= 0.3 is 0 Å². The molecule has 0 N–H and O–H groups in total. The Bertz CT molecular complexity index is 840. The summed E-state index contributed by atoms with van der Waals surface area (Å²) in [5.41, 5.74) is 3.24. The van der Waals surface area contributed by atoms with Crippen molar-refractivity contribution in [1.82, 2.24) is 9.55 Å². The second-order valence-electron chi connectivity index (χ2n) is 5.02. The van der Waals surface area contributed by atoms with Crippen LogP contribution in [0.4, 0.5) is 8.78 Å². The Morgan fingerprint density at radius 2 is 1.90 bits per heavy atom. The minimum Gasteiger partial charge on any atom is -0.292 e. The molecule has 0 aliphatic rings. The molecular formula is C16H13ClF2N2. The molecule has 21 heavy (non-hydrogen) atoms. The summed E-state index contributed by atoms with van der Waals surface area (Å²) >= 11 is 5.94. The Balaban J connectivity index is 2.45. The molecule has 1 aromatic heterocycles. The first-order valence-corrected chi connectivity index (χ1v) is 7.05. The van der Waals surface area contributed by atoms with Gasteiger partial charge in [-0.1, -0.05) is 12.1 Å². The molecule has 0 spiro atoms. The first-order chi connectivity index (χ1) is 10.0. The van der Waals surface area contributed by atoms with Crippen LogP contribution in [0.15, 0.2) is 30.3 Å². The Morgan fingerprint density at radius 3 is 2.62 bits per heavy atom. The van der Waals surface area contributed by atoms with Gasteiger partial charge in [0.05, 0.1) is 17.1 Å². The van der Waals surface area contributed by atoms with E-state index in [0.717, 1.165) is 22.9 Å². The molecule has 3 rings (SSSR count). The fourth-order valence-electron chi connectivity index (χ4n) is 2.46. The van der Waals surface area contributed by atoms with Gasteiger partial charge in [-0.3, -0.25) is 4.57 Å². The lowest BCUT2D eigenvalue weighted by atomic mass is 10.1. The van der Waals surface area contributed by atoms with Crippen molar-refractivity contribution in [3.05, 3.63) is 58.9 Å². The summed E-state index contributed by atoms with van der Waals surface area (Å²) in [5.74, 6) is -1.19. The predicted molar refractivity (Wildman–Crippen MR) is 80.0 cm³/mol. The van der Waals surface area contributed by atoms with Crippen molar-refractivity contribution in [2.45, 2.75) is 19.7 Å². The number of hydrogen-bond acceptors (Lipinski definition) is 1. The molecule has 0 bridgehead atoms. The van der Waals surface area contributed by atoms with Crippen LogP contribution in [0.3, 0.4) is 0 Å². The molecule has 0 atom stereocenters. The number of fused-ring (bicyclic) bond motifs is 1. The Hall–Kier alpha value is -1.94. The summed E-state index contributed by atoms with van der Waals surface area (Å²) in [7, 11) is 0. The fourth-order valence-corrected chi connectivity index (χ4v) is 2.64. The van der Waals surface area contributed by atoms with Crippen molar-refractivity contribution >= 4 is 22.6 Å². The Morgan fingerprint density at radius 1 is 1.14 bits per heavy atom. The van der Waals surface area contributed by atoms with Gasteiger partial charge in [0.15, 0.2) is 11.6 Å². The highest BCUT2D eigenvalue weighted by Gasteiger charge is 2.19. The molecule has 1 heterocycles. The normalized spacial score (nSPS) is 11.3.